The van der Waals surface area contributed by atoms with Crippen molar-refractivity contribution in [3.05, 3.63) is 28.8 Å². The smallest absolute Gasteiger partial charge is 0.341 e. The molecule has 1 saturated heterocycles. The van der Waals surface area contributed by atoms with Gasteiger partial charge in [0.05, 0.1) is 25.0 Å². The summed E-state index contributed by atoms with van der Waals surface area (Å²) < 4.78 is 23.0. The maximum atomic E-state index is 12.9. The van der Waals surface area contributed by atoms with Gasteiger partial charge >= 0.3 is 5.97 Å². The van der Waals surface area contributed by atoms with E-state index in [9.17, 15) is 9.18 Å². The van der Waals surface area contributed by atoms with Crippen LogP contribution in [0.2, 0.25) is 5.15 Å². The van der Waals surface area contributed by atoms with Crippen LogP contribution in [0.25, 0.3) is 0 Å². The van der Waals surface area contributed by atoms with Crippen LogP contribution < -0.4 is 0 Å². The van der Waals surface area contributed by atoms with Gasteiger partial charge in [0.15, 0.2) is 0 Å². The second-order valence-corrected chi connectivity index (χ2v) is 3.74. The Bertz CT molecular complexity index is 407. The van der Waals surface area contributed by atoms with Crippen LogP contribution in [0, 0.1) is 5.82 Å². The topological polar surface area (TPSA) is 48.4 Å². The van der Waals surface area contributed by atoms with Crippen molar-refractivity contribution in [3.63, 3.8) is 0 Å². The van der Waals surface area contributed by atoms with E-state index in [1.165, 1.54) is 0 Å². The number of aromatic nitrogens is 1. The van der Waals surface area contributed by atoms with Gasteiger partial charge in [-0.2, -0.15) is 0 Å². The molecule has 1 unspecified atom stereocenters. The van der Waals surface area contributed by atoms with Gasteiger partial charge in [-0.1, -0.05) is 11.6 Å². The zero-order valence-electron chi connectivity index (χ0n) is 8.28. The normalized spacial score (nSPS) is 19.8. The van der Waals surface area contributed by atoms with Crippen molar-refractivity contribution in [3.8, 4) is 0 Å². The van der Waals surface area contributed by atoms with E-state index < -0.39 is 11.8 Å². The molecule has 0 saturated carbocycles. The summed E-state index contributed by atoms with van der Waals surface area (Å²) in [6, 6.07) is 1.01. The summed E-state index contributed by atoms with van der Waals surface area (Å²) in [6.07, 6.45) is 1.30. The number of ether oxygens (including phenoxy) is 2. The second-order valence-electron chi connectivity index (χ2n) is 3.38. The lowest BCUT2D eigenvalue weighted by Crippen LogP contribution is -2.18. The number of carbonyl (C=O) groups is 1. The quantitative estimate of drug-likeness (QED) is 0.589. The molecule has 0 amide bonds. The van der Waals surface area contributed by atoms with Gasteiger partial charge in [-0.15, -0.1) is 0 Å². The third kappa shape index (κ3) is 2.48. The first kappa shape index (κ1) is 11.3. The zero-order chi connectivity index (χ0) is 11.5. The molecular weight excluding hydrogens is 237 g/mol. The first-order valence-corrected chi connectivity index (χ1v) is 5.14. The molecule has 0 N–H and O–H groups in total. The highest BCUT2D eigenvalue weighted by molar-refractivity contribution is 6.32. The van der Waals surface area contributed by atoms with Gasteiger partial charge in [0.25, 0.3) is 0 Å². The molecule has 2 rings (SSSR count). The summed E-state index contributed by atoms with van der Waals surface area (Å²) in [7, 11) is 0. The Morgan fingerprint density at radius 3 is 3.19 bits per heavy atom. The van der Waals surface area contributed by atoms with Gasteiger partial charge in [0.1, 0.15) is 17.1 Å². The maximum Gasteiger partial charge on any atom is 0.341 e. The lowest BCUT2D eigenvalue weighted by atomic mass is 10.2. The van der Waals surface area contributed by atoms with Crippen LogP contribution in [0.3, 0.4) is 0 Å². The summed E-state index contributed by atoms with van der Waals surface area (Å²) in [6.45, 7) is 0.930. The van der Waals surface area contributed by atoms with Crippen molar-refractivity contribution in [2.24, 2.45) is 0 Å². The van der Waals surface area contributed by atoms with Gasteiger partial charge < -0.3 is 9.47 Å². The Kier molecular flexibility index (Phi) is 3.36. The molecule has 0 radical (unpaired) electrons. The van der Waals surface area contributed by atoms with Gasteiger partial charge in [0, 0.05) is 6.42 Å². The van der Waals surface area contributed by atoms with E-state index in [-0.39, 0.29) is 16.8 Å². The summed E-state index contributed by atoms with van der Waals surface area (Å²) in [5.41, 5.74) is -0.0615. The molecule has 6 heteroatoms. The molecule has 16 heavy (non-hydrogen) atoms. The molecule has 1 aliphatic heterocycles. The molecule has 0 aromatic carbocycles. The van der Waals surface area contributed by atoms with Gasteiger partial charge in [-0.3, -0.25) is 0 Å². The van der Waals surface area contributed by atoms with Gasteiger partial charge in [-0.05, 0) is 6.07 Å². The summed E-state index contributed by atoms with van der Waals surface area (Å²) in [5.74, 6) is -1.30. The van der Waals surface area contributed by atoms with E-state index in [2.05, 4.69) is 4.98 Å². The third-order valence-electron chi connectivity index (χ3n) is 2.19. The average molecular weight is 246 g/mol. The molecule has 0 spiro atoms. The number of hydrogen-bond acceptors (Lipinski definition) is 4. The Morgan fingerprint density at radius 1 is 1.69 bits per heavy atom. The standard InChI is InChI=1S/C10H9ClFNO3/c11-9-8(3-6(12)4-13-9)10(14)16-7-1-2-15-5-7/h3-4,7H,1-2,5H2. The Hall–Kier alpha value is -1.20. The van der Waals surface area contributed by atoms with Crippen LogP contribution in [-0.2, 0) is 9.47 Å². The molecule has 1 fully saturated rings. The van der Waals surface area contributed by atoms with Gasteiger partial charge in [-0.25, -0.2) is 14.2 Å². The highest BCUT2D eigenvalue weighted by Gasteiger charge is 2.22. The zero-order valence-corrected chi connectivity index (χ0v) is 9.04. The molecule has 4 nitrogen and oxygen atoms in total. The Morgan fingerprint density at radius 2 is 2.50 bits per heavy atom. The molecule has 0 bridgehead atoms. The molecular formula is C10H9ClFNO3. The second kappa shape index (κ2) is 4.76. The first-order valence-electron chi connectivity index (χ1n) is 4.76. The molecule has 0 aliphatic carbocycles. The number of carbonyl (C=O) groups excluding carboxylic acids is 1. The third-order valence-corrected chi connectivity index (χ3v) is 2.49. The van der Waals surface area contributed by atoms with Gasteiger partial charge in [0.2, 0.25) is 0 Å². The molecule has 86 valence electrons. The van der Waals surface area contributed by atoms with E-state index in [1.807, 2.05) is 0 Å². The number of pyridine rings is 1. The van der Waals surface area contributed by atoms with Crippen LogP contribution >= 0.6 is 11.6 Å². The Labute approximate surface area is 96.3 Å². The summed E-state index contributed by atoms with van der Waals surface area (Å²) >= 11 is 5.67. The average Bonchev–Trinajstić information content (AvgIpc) is 2.74. The highest BCUT2D eigenvalue weighted by Crippen LogP contribution is 2.17. The Balaban J connectivity index is 2.10. The van der Waals surface area contributed by atoms with E-state index in [4.69, 9.17) is 21.1 Å². The lowest BCUT2D eigenvalue weighted by molar-refractivity contribution is 0.0270. The van der Waals surface area contributed by atoms with E-state index in [0.29, 0.717) is 19.6 Å². The van der Waals surface area contributed by atoms with Crippen LogP contribution in [-0.4, -0.2) is 30.3 Å². The van der Waals surface area contributed by atoms with E-state index >= 15 is 0 Å². The van der Waals surface area contributed by atoms with E-state index in [1.54, 1.807) is 0 Å². The van der Waals surface area contributed by atoms with Crippen molar-refractivity contribution in [2.45, 2.75) is 12.5 Å². The van der Waals surface area contributed by atoms with Crippen molar-refractivity contribution in [2.75, 3.05) is 13.2 Å². The molecule has 1 aliphatic rings. The summed E-state index contributed by atoms with van der Waals surface area (Å²) in [5, 5.41) is -0.0645. The first-order chi connectivity index (χ1) is 7.66. The number of hydrogen-bond donors (Lipinski definition) is 0. The highest BCUT2D eigenvalue weighted by atomic mass is 35.5. The monoisotopic (exact) mass is 245 g/mol. The predicted octanol–water partition coefficient (Wildman–Crippen LogP) is 1.82. The number of halogens is 2. The fourth-order valence-electron chi connectivity index (χ4n) is 1.39. The molecule has 1 atom stereocenters. The van der Waals surface area contributed by atoms with Crippen molar-refractivity contribution >= 4 is 17.6 Å². The number of esters is 1. The minimum atomic E-state index is -0.674. The van der Waals surface area contributed by atoms with Crippen LogP contribution in [0.1, 0.15) is 16.8 Å². The largest absolute Gasteiger partial charge is 0.456 e. The molecule has 1 aromatic heterocycles. The van der Waals surface area contributed by atoms with E-state index in [0.717, 1.165) is 12.3 Å². The SMILES string of the molecule is O=C(OC1CCOC1)c1cc(F)cnc1Cl. The van der Waals surface area contributed by atoms with Crippen molar-refractivity contribution < 1.29 is 18.7 Å². The van der Waals surface area contributed by atoms with Crippen LogP contribution in [0.15, 0.2) is 12.3 Å². The predicted molar refractivity (Wildman–Crippen MR) is 53.8 cm³/mol. The minimum absolute atomic E-state index is 0.0615. The molecule has 2 heterocycles. The summed E-state index contributed by atoms with van der Waals surface area (Å²) in [4.78, 5) is 15.1. The van der Waals surface area contributed by atoms with Crippen LogP contribution in [0.4, 0.5) is 4.39 Å². The maximum absolute atomic E-state index is 12.9. The molecule has 1 aromatic rings. The van der Waals surface area contributed by atoms with Crippen molar-refractivity contribution in [1.82, 2.24) is 4.98 Å². The van der Waals surface area contributed by atoms with Crippen LogP contribution in [0.5, 0.6) is 0 Å². The fourth-order valence-corrected chi connectivity index (χ4v) is 1.57. The minimum Gasteiger partial charge on any atom is -0.456 e. The number of rotatable bonds is 2. The number of nitrogens with zero attached hydrogens (tertiary/aromatic N) is 1. The lowest BCUT2D eigenvalue weighted by Gasteiger charge is -2.10. The fraction of sp³-hybridized carbons (Fsp3) is 0.400. The van der Waals surface area contributed by atoms with Crippen molar-refractivity contribution in [1.29, 1.82) is 0 Å².